The lowest BCUT2D eigenvalue weighted by Gasteiger charge is -2.21. The molecule has 0 bridgehead atoms. The van der Waals surface area contributed by atoms with Gasteiger partial charge >= 0.3 is 5.69 Å². The highest BCUT2D eigenvalue weighted by Crippen LogP contribution is 2.30. The Morgan fingerprint density at radius 1 is 1.19 bits per heavy atom. The maximum atomic E-state index is 12.2. The first kappa shape index (κ1) is 19.7. The van der Waals surface area contributed by atoms with Crippen molar-refractivity contribution >= 4 is 46.4 Å². The Morgan fingerprint density at radius 2 is 1.85 bits per heavy atom. The van der Waals surface area contributed by atoms with Crippen molar-refractivity contribution in [1.29, 1.82) is 0 Å². The molecule has 0 aliphatic rings. The third kappa shape index (κ3) is 4.93. The Hall–Kier alpha value is -2.65. The lowest BCUT2D eigenvalue weighted by molar-refractivity contribution is -0.383. The Bertz CT molecular complexity index is 854. The van der Waals surface area contributed by atoms with Gasteiger partial charge in [-0.05, 0) is 39.0 Å². The van der Waals surface area contributed by atoms with Crippen molar-refractivity contribution in [2.45, 2.75) is 26.3 Å². The molecule has 9 nitrogen and oxygen atoms in total. The minimum atomic E-state index is -0.641. The summed E-state index contributed by atoms with van der Waals surface area (Å²) in [6.07, 6.45) is 1.14. The number of hydrazine groups is 1. The van der Waals surface area contributed by atoms with Crippen LogP contribution in [0.5, 0.6) is 0 Å². The normalized spacial score (nSPS) is 11.0. The number of carbonyl (C=O) groups excluding carboxylic acids is 1. The van der Waals surface area contributed by atoms with Gasteiger partial charge in [-0.3, -0.25) is 25.8 Å². The fourth-order valence-corrected chi connectivity index (χ4v) is 2.44. The Balaban J connectivity index is 2.25. The summed E-state index contributed by atoms with van der Waals surface area (Å²) < 4.78 is 0. The molecule has 138 valence electrons. The molecular weight excluding hydrogens is 383 g/mol. The van der Waals surface area contributed by atoms with Gasteiger partial charge in [0.25, 0.3) is 5.91 Å². The first-order chi connectivity index (χ1) is 12.1. The van der Waals surface area contributed by atoms with E-state index in [1.54, 1.807) is 0 Å². The van der Waals surface area contributed by atoms with Gasteiger partial charge in [0.2, 0.25) is 11.6 Å². The highest BCUT2D eigenvalue weighted by Gasteiger charge is 2.26. The van der Waals surface area contributed by atoms with E-state index >= 15 is 0 Å². The summed E-state index contributed by atoms with van der Waals surface area (Å²) in [4.78, 5) is 30.7. The molecule has 0 saturated carbocycles. The zero-order valence-electron chi connectivity index (χ0n) is 14.1. The molecule has 0 fully saturated rings. The number of nitrogens with one attached hydrogen (secondary N) is 3. The fraction of sp³-hybridized carbons (Fsp3) is 0.267. The van der Waals surface area contributed by atoms with Crippen molar-refractivity contribution < 1.29 is 9.72 Å². The van der Waals surface area contributed by atoms with Crippen LogP contribution in [0.3, 0.4) is 0 Å². The van der Waals surface area contributed by atoms with E-state index in [1.807, 2.05) is 20.8 Å². The molecule has 0 unspecified atom stereocenters. The van der Waals surface area contributed by atoms with Gasteiger partial charge in [-0.25, -0.2) is 9.97 Å². The number of nitrogens with zero attached hydrogens (tertiary/aromatic N) is 3. The second-order valence-corrected chi connectivity index (χ2v) is 7.10. The fourth-order valence-electron chi connectivity index (χ4n) is 1.95. The number of hydrogen-bond donors (Lipinski definition) is 3. The van der Waals surface area contributed by atoms with E-state index in [-0.39, 0.29) is 22.2 Å². The molecular formula is C15H16Cl2N6O3. The molecule has 2 aromatic rings. The van der Waals surface area contributed by atoms with Gasteiger partial charge < -0.3 is 5.32 Å². The SMILES string of the molecule is CC(C)(C)Nc1ncnc(NNC(=O)c2ccc(Cl)cc2Cl)c1[N+](=O)[O-]. The van der Waals surface area contributed by atoms with Crippen LogP contribution < -0.4 is 16.2 Å². The predicted molar refractivity (Wildman–Crippen MR) is 99.6 cm³/mol. The van der Waals surface area contributed by atoms with E-state index in [1.165, 1.54) is 18.2 Å². The second-order valence-electron chi connectivity index (χ2n) is 6.25. The van der Waals surface area contributed by atoms with E-state index in [0.717, 1.165) is 6.33 Å². The minimum Gasteiger partial charge on any atom is -0.360 e. The number of benzene rings is 1. The van der Waals surface area contributed by atoms with Crippen molar-refractivity contribution in [3.05, 3.63) is 50.2 Å². The molecule has 0 aliphatic carbocycles. The van der Waals surface area contributed by atoms with Gasteiger partial charge in [-0.2, -0.15) is 0 Å². The average molecular weight is 399 g/mol. The standard InChI is InChI=1S/C15H16Cl2N6O3/c1-15(2,3)20-12-11(23(25)26)13(19-7-18-12)21-22-14(24)9-5-4-8(16)6-10(9)17/h4-7H,1-3H3,(H,22,24)(H2,18,19,20,21). The van der Waals surface area contributed by atoms with Crippen LogP contribution in [0.25, 0.3) is 0 Å². The molecule has 0 aliphatic heterocycles. The monoisotopic (exact) mass is 398 g/mol. The van der Waals surface area contributed by atoms with Gasteiger partial charge in [-0.1, -0.05) is 23.2 Å². The highest BCUT2D eigenvalue weighted by molar-refractivity contribution is 6.36. The number of aromatic nitrogens is 2. The van der Waals surface area contributed by atoms with E-state index < -0.39 is 22.1 Å². The molecule has 1 amide bonds. The summed E-state index contributed by atoms with van der Waals surface area (Å²) in [7, 11) is 0. The number of carbonyl (C=O) groups is 1. The van der Waals surface area contributed by atoms with Crippen molar-refractivity contribution in [3.63, 3.8) is 0 Å². The van der Waals surface area contributed by atoms with E-state index in [9.17, 15) is 14.9 Å². The second kappa shape index (κ2) is 7.71. The van der Waals surface area contributed by atoms with Gasteiger partial charge in [0.15, 0.2) is 0 Å². The lowest BCUT2D eigenvalue weighted by atomic mass is 10.1. The van der Waals surface area contributed by atoms with Crippen molar-refractivity contribution in [3.8, 4) is 0 Å². The summed E-state index contributed by atoms with van der Waals surface area (Å²) in [6.45, 7) is 5.49. The third-order valence-corrected chi connectivity index (χ3v) is 3.52. The van der Waals surface area contributed by atoms with Gasteiger partial charge in [0.1, 0.15) is 6.33 Å². The summed E-state index contributed by atoms with van der Waals surface area (Å²) in [5.41, 5.74) is 4.05. The first-order valence-electron chi connectivity index (χ1n) is 7.37. The number of amides is 1. The molecule has 2 rings (SSSR count). The number of hydrogen-bond acceptors (Lipinski definition) is 7. The van der Waals surface area contributed by atoms with Crippen LogP contribution in [-0.2, 0) is 0 Å². The van der Waals surface area contributed by atoms with Crippen LogP contribution in [0, 0.1) is 10.1 Å². The molecule has 11 heteroatoms. The molecule has 3 N–H and O–H groups in total. The number of halogens is 2. The number of rotatable bonds is 5. The van der Waals surface area contributed by atoms with Crippen LogP contribution in [0.15, 0.2) is 24.5 Å². The third-order valence-electron chi connectivity index (χ3n) is 2.97. The van der Waals surface area contributed by atoms with Crippen LogP contribution in [0.2, 0.25) is 10.0 Å². The summed E-state index contributed by atoms with van der Waals surface area (Å²) in [5.74, 6) is -0.751. The van der Waals surface area contributed by atoms with E-state index in [4.69, 9.17) is 23.2 Å². The number of nitro groups is 1. The average Bonchev–Trinajstić information content (AvgIpc) is 2.50. The number of anilines is 2. The molecule has 1 heterocycles. The van der Waals surface area contributed by atoms with Crippen molar-refractivity contribution in [2.75, 3.05) is 10.7 Å². The molecule has 0 spiro atoms. The zero-order chi connectivity index (χ0) is 19.5. The Kier molecular flexibility index (Phi) is 5.83. The van der Waals surface area contributed by atoms with Gasteiger partial charge in [0, 0.05) is 10.6 Å². The zero-order valence-corrected chi connectivity index (χ0v) is 15.6. The summed E-state index contributed by atoms with van der Waals surface area (Å²) in [5, 5.41) is 14.9. The molecule has 0 atom stereocenters. The van der Waals surface area contributed by atoms with Gasteiger partial charge in [0.05, 0.1) is 15.5 Å². The molecule has 0 radical (unpaired) electrons. The van der Waals surface area contributed by atoms with E-state index in [2.05, 4.69) is 26.1 Å². The van der Waals surface area contributed by atoms with Crippen LogP contribution in [0.1, 0.15) is 31.1 Å². The largest absolute Gasteiger partial charge is 0.360 e. The van der Waals surface area contributed by atoms with Crippen molar-refractivity contribution in [1.82, 2.24) is 15.4 Å². The Morgan fingerprint density at radius 3 is 2.42 bits per heavy atom. The minimum absolute atomic E-state index is 0.0266. The topological polar surface area (TPSA) is 122 Å². The maximum absolute atomic E-state index is 12.2. The van der Waals surface area contributed by atoms with Gasteiger partial charge in [-0.15, -0.1) is 0 Å². The van der Waals surface area contributed by atoms with Crippen LogP contribution >= 0.6 is 23.2 Å². The molecule has 26 heavy (non-hydrogen) atoms. The summed E-state index contributed by atoms with van der Waals surface area (Å²) >= 11 is 11.8. The van der Waals surface area contributed by atoms with Crippen LogP contribution in [-0.4, -0.2) is 26.3 Å². The molecule has 1 aromatic carbocycles. The smallest absolute Gasteiger partial charge is 0.354 e. The molecule has 0 saturated heterocycles. The lowest BCUT2D eigenvalue weighted by Crippen LogP contribution is -2.31. The Labute approximate surface area is 159 Å². The highest BCUT2D eigenvalue weighted by atomic mass is 35.5. The quantitative estimate of drug-likeness (QED) is 0.518. The van der Waals surface area contributed by atoms with Crippen LogP contribution in [0.4, 0.5) is 17.3 Å². The van der Waals surface area contributed by atoms with E-state index in [0.29, 0.717) is 5.02 Å². The maximum Gasteiger partial charge on any atom is 0.354 e. The van der Waals surface area contributed by atoms with Crippen molar-refractivity contribution in [2.24, 2.45) is 0 Å². The molecule has 1 aromatic heterocycles. The summed E-state index contributed by atoms with van der Waals surface area (Å²) in [6, 6.07) is 4.35. The first-order valence-corrected chi connectivity index (χ1v) is 8.13. The predicted octanol–water partition coefficient (Wildman–Crippen LogP) is 3.66.